The molecule has 0 fully saturated rings. The molecule has 6 nitrogen and oxygen atoms in total. The van der Waals surface area contributed by atoms with E-state index in [-0.39, 0.29) is 5.56 Å². The quantitative estimate of drug-likeness (QED) is 0.467. The zero-order valence-corrected chi connectivity index (χ0v) is 10.7. The van der Waals surface area contributed by atoms with E-state index in [1.807, 2.05) is 6.26 Å². The second-order valence-electron chi connectivity index (χ2n) is 3.53. The van der Waals surface area contributed by atoms with Gasteiger partial charge in [-0.3, -0.25) is 14.9 Å². The molecule has 0 atom stereocenters. The number of phenolic OH excluding ortho intramolecular Hbond substituents is 1. The Labute approximate surface area is 109 Å². The molecule has 0 saturated carbocycles. The van der Waals surface area contributed by atoms with E-state index in [1.54, 1.807) is 11.8 Å². The third-order valence-electron chi connectivity index (χ3n) is 2.27. The Morgan fingerprint density at radius 2 is 2.28 bits per heavy atom. The number of rotatable bonds is 6. The van der Waals surface area contributed by atoms with Gasteiger partial charge >= 0.3 is 5.69 Å². The highest BCUT2D eigenvalue weighted by Crippen LogP contribution is 2.28. The minimum atomic E-state index is -0.722. The maximum atomic E-state index is 11.7. The Morgan fingerprint density at radius 3 is 2.89 bits per heavy atom. The molecule has 98 valence electrons. The molecule has 0 saturated heterocycles. The SMILES string of the molecule is CSCCCNC(=O)c1cccc([N+](=O)[O-])c1O. The Balaban J connectivity index is 2.74. The number of carbonyl (C=O) groups excluding carboxylic acids is 1. The standard InChI is InChI=1S/C11H14N2O4S/c1-18-7-3-6-12-11(15)8-4-2-5-9(10(8)14)13(16)17/h2,4-5,14H,3,6-7H2,1H3,(H,12,15). The van der Waals surface area contributed by atoms with Crippen molar-refractivity contribution < 1.29 is 14.8 Å². The largest absolute Gasteiger partial charge is 0.502 e. The fourth-order valence-corrected chi connectivity index (χ4v) is 1.81. The van der Waals surface area contributed by atoms with Gasteiger partial charge in [0.15, 0.2) is 0 Å². The van der Waals surface area contributed by atoms with Crippen LogP contribution in [-0.4, -0.2) is 34.5 Å². The average molecular weight is 270 g/mol. The fraction of sp³-hybridized carbons (Fsp3) is 0.364. The van der Waals surface area contributed by atoms with Gasteiger partial charge < -0.3 is 10.4 Å². The van der Waals surface area contributed by atoms with Gasteiger partial charge in [-0.05, 0) is 24.5 Å². The first-order valence-electron chi connectivity index (χ1n) is 5.31. The van der Waals surface area contributed by atoms with Crippen molar-refractivity contribution in [2.75, 3.05) is 18.6 Å². The second-order valence-corrected chi connectivity index (χ2v) is 4.52. The van der Waals surface area contributed by atoms with Gasteiger partial charge in [-0.15, -0.1) is 0 Å². The summed E-state index contributed by atoms with van der Waals surface area (Å²) in [7, 11) is 0. The number of carbonyl (C=O) groups is 1. The summed E-state index contributed by atoms with van der Waals surface area (Å²) in [5, 5.41) is 22.8. The molecule has 0 aliphatic rings. The van der Waals surface area contributed by atoms with Crippen LogP contribution < -0.4 is 5.32 Å². The van der Waals surface area contributed by atoms with Gasteiger partial charge in [-0.25, -0.2) is 0 Å². The first-order valence-corrected chi connectivity index (χ1v) is 6.70. The molecule has 0 heterocycles. The first-order chi connectivity index (χ1) is 8.57. The third kappa shape index (κ3) is 3.63. The molecule has 0 radical (unpaired) electrons. The molecule has 0 aliphatic carbocycles. The van der Waals surface area contributed by atoms with E-state index >= 15 is 0 Å². The van der Waals surface area contributed by atoms with Crippen molar-refractivity contribution in [3.8, 4) is 5.75 Å². The molecule has 0 aromatic heterocycles. The van der Waals surface area contributed by atoms with Crippen LogP contribution in [0.1, 0.15) is 16.8 Å². The second kappa shape index (κ2) is 6.85. The van der Waals surface area contributed by atoms with Crippen molar-refractivity contribution in [1.29, 1.82) is 0 Å². The number of hydrogen-bond acceptors (Lipinski definition) is 5. The highest BCUT2D eigenvalue weighted by atomic mass is 32.2. The summed E-state index contributed by atoms with van der Waals surface area (Å²) in [5.74, 6) is -0.177. The lowest BCUT2D eigenvalue weighted by Crippen LogP contribution is -2.25. The summed E-state index contributed by atoms with van der Waals surface area (Å²) < 4.78 is 0. The van der Waals surface area contributed by atoms with Gasteiger partial charge in [0.25, 0.3) is 5.91 Å². The number of amides is 1. The Bertz CT molecular complexity index is 451. The molecule has 18 heavy (non-hydrogen) atoms. The Morgan fingerprint density at radius 1 is 1.56 bits per heavy atom. The lowest BCUT2D eigenvalue weighted by molar-refractivity contribution is -0.385. The van der Waals surface area contributed by atoms with Crippen molar-refractivity contribution in [2.24, 2.45) is 0 Å². The van der Waals surface area contributed by atoms with E-state index in [0.29, 0.717) is 6.54 Å². The third-order valence-corrected chi connectivity index (χ3v) is 2.96. The number of nitrogens with one attached hydrogen (secondary N) is 1. The lowest BCUT2D eigenvalue weighted by Gasteiger charge is -2.06. The predicted molar refractivity (Wildman–Crippen MR) is 70.1 cm³/mol. The normalized spacial score (nSPS) is 10.1. The zero-order valence-electron chi connectivity index (χ0n) is 9.88. The van der Waals surface area contributed by atoms with E-state index in [9.17, 15) is 20.0 Å². The minimum absolute atomic E-state index is 0.0756. The number of nitro groups is 1. The molecule has 7 heteroatoms. The van der Waals surface area contributed by atoms with Crippen LogP contribution in [-0.2, 0) is 0 Å². The molecule has 0 aliphatic heterocycles. The van der Waals surface area contributed by atoms with Crippen LogP contribution >= 0.6 is 11.8 Å². The topological polar surface area (TPSA) is 92.5 Å². The number of phenols is 1. The molecule has 1 aromatic carbocycles. The number of hydrogen-bond donors (Lipinski definition) is 2. The summed E-state index contributed by atoms with van der Waals surface area (Å²) in [6, 6.07) is 3.88. The van der Waals surface area contributed by atoms with Gasteiger partial charge in [0.1, 0.15) is 0 Å². The van der Waals surface area contributed by atoms with Gasteiger partial charge in [0.2, 0.25) is 5.75 Å². The van der Waals surface area contributed by atoms with Crippen LogP contribution in [0.2, 0.25) is 0 Å². The van der Waals surface area contributed by atoms with Crippen LogP contribution in [0, 0.1) is 10.1 Å². The first kappa shape index (κ1) is 14.3. The Hall–Kier alpha value is -1.76. The van der Waals surface area contributed by atoms with Crippen LogP contribution in [0.25, 0.3) is 0 Å². The minimum Gasteiger partial charge on any atom is -0.502 e. The monoisotopic (exact) mass is 270 g/mol. The number of aromatic hydroxyl groups is 1. The average Bonchev–Trinajstić information content (AvgIpc) is 2.34. The number of benzene rings is 1. The fourth-order valence-electron chi connectivity index (χ4n) is 1.38. The summed E-state index contributed by atoms with van der Waals surface area (Å²) in [6.45, 7) is 0.474. The number of nitrogens with zero attached hydrogens (tertiary/aromatic N) is 1. The molecule has 1 aromatic rings. The maximum absolute atomic E-state index is 11.7. The van der Waals surface area contributed by atoms with Gasteiger partial charge in [0.05, 0.1) is 10.5 Å². The molecule has 0 unspecified atom stereocenters. The van der Waals surface area contributed by atoms with Crippen LogP contribution in [0.4, 0.5) is 5.69 Å². The number of para-hydroxylation sites is 1. The van der Waals surface area contributed by atoms with Gasteiger partial charge in [-0.1, -0.05) is 6.07 Å². The van der Waals surface area contributed by atoms with E-state index in [4.69, 9.17) is 0 Å². The molecule has 1 amide bonds. The van der Waals surface area contributed by atoms with Crippen molar-refractivity contribution in [1.82, 2.24) is 5.32 Å². The van der Waals surface area contributed by atoms with E-state index < -0.39 is 22.3 Å². The van der Waals surface area contributed by atoms with Crippen molar-refractivity contribution in [3.63, 3.8) is 0 Å². The molecular formula is C11H14N2O4S. The summed E-state index contributed by atoms with van der Waals surface area (Å²) >= 11 is 1.67. The molecule has 0 spiro atoms. The predicted octanol–water partition coefficient (Wildman–Crippen LogP) is 1.78. The van der Waals surface area contributed by atoms with E-state index in [1.165, 1.54) is 12.1 Å². The highest BCUT2D eigenvalue weighted by molar-refractivity contribution is 7.98. The molecule has 2 N–H and O–H groups in total. The maximum Gasteiger partial charge on any atom is 0.311 e. The number of thioether (sulfide) groups is 1. The zero-order chi connectivity index (χ0) is 13.5. The Kier molecular flexibility index (Phi) is 5.44. The summed E-state index contributed by atoms with van der Waals surface area (Å²) in [5.41, 5.74) is -0.542. The van der Waals surface area contributed by atoms with Crippen LogP contribution in [0.15, 0.2) is 18.2 Å². The highest BCUT2D eigenvalue weighted by Gasteiger charge is 2.20. The molecular weight excluding hydrogens is 256 g/mol. The van der Waals surface area contributed by atoms with E-state index in [0.717, 1.165) is 18.2 Å². The van der Waals surface area contributed by atoms with Crippen molar-refractivity contribution >= 4 is 23.4 Å². The lowest BCUT2D eigenvalue weighted by atomic mass is 10.1. The van der Waals surface area contributed by atoms with Crippen molar-refractivity contribution in [3.05, 3.63) is 33.9 Å². The summed E-state index contributed by atoms with van der Waals surface area (Å²) in [4.78, 5) is 21.6. The van der Waals surface area contributed by atoms with Gasteiger partial charge in [0, 0.05) is 12.6 Å². The number of nitro benzene ring substituents is 1. The molecule has 1 rings (SSSR count). The van der Waals surface area contributed by atoms with Gasteiger partial charge in [-0.2, -0.15) is 11.8 Å². The summed E-state index contributed by atoms with van der Waals surface area (Å²) in [6.07, 6.45) is 2.77. The molecule has 0 bridgehead atoms. The smallest absolute Gasteiger partial charge is 0.311 e. The van der Waals surface area contributed by atoms with Crippen LogP contribution in [0.3, 0.4) is 0 Å². The van der Waals surface area contributed by atoms with E-state index in [2.05, 4.69) is 5.32 Å². The van der Waals surface area contributed by atoms with Crippen molar-refractivity contribution in [2.45, 2.75) is 6.42 Å². The van der Waals surface area contributed by atoms with Crippen LogP contribution in [0.5, 0.6) is 5.75 Å².